The highest BCUT2D eigenvalue weighted by molar-refractivity contribution is 5.96. The molecule has 0 heterocycles. The van der Waals surface area contributed by atoms with Crippen molar-refractivity contribution in [2.45, 2.75) is 66.3 Å². The lowest BCUT2D eigenvalue weighted by molar-refractivity contribution is -0.0318. The van der Waals surface area contributed by atoms with Gasteiger partial charge in [-0.2, -0.15) is 0 Å². The van der Waals surface area contributed by atoms with E-state index >= 15 is 0 Å². The normalized spacial score (nSPS) is 11.8. The first kappa shape index (κ1) is 17.5. The Bertz CT molecular complexity index is 507. The van der Waals surface area contributed by atoms with Crippen LogP contribution in [0.4, 0.5) is 5.69 Å². The smallest absolute Gasteiger partial charge is 0.340 e. The Morgan fingerprint density at radius 1 is 1.33 bits per heavy atom. The van der Waals surface area contributed by atoms with Gasteiger partial charge >= 0.3 is 5.97 Å². The minimum absolute atomic E-state index is 0.162. The molecule has 0 aliphatic heterocycles. The fourth-order valence-corrected chi connectivity index (χ4v) is 1.76. The number of rotatable bonds is 6. The highest BCUT2D eigenvalue weighted by Gasteiger charge is 2.19. The van der Waals surface area contributed by atoms with Crippen molar-refractivity contribution in [2.24, 2.45) is 0 Å². The van der Waals surface area contributed by atoms with Crippen LogP contribution in [0.1, 0.15) is 62.5 Å². The molecule has 0 fully saturated rings. The number of anilines is 1. The third-order valence-electron chi connectivity index (χ3n) is 3.66. The standard InChI is InChI=1S/C17H27NO3/c1-7-17(5,6)20-10-13-8-9-14(15(18)12(13)4)16(19)21-11(2)3/h8-9,11H,7,10,18H2,1-6H3. The summed E-state index contributed by atoms with van der Waals surface area (Å²) in [5.41, 5.74) is 8.66. The van der Waals surface area contributed by atoms with E-state index < -0.39 is 0 Å². The zero-order chi connectivity index (χ0) is 16.2. The average Bonchev–Trinajstić information content (AvgIpc) is 2.39. The lowest BCUT2D eigenvalue weighted by Crippen LogP contribution is -2.23. The van der Waals surface area contributed by atoms with Crippen LogP contribution < -0.4 is 5.73 Å². The number of hydrogen-bond donors (Lipinski definition) is 1. The van der Waals surface area contributed by atoms with Gasteiger partial charge in [0.15, 0.2) is 0 Å². The Morgan fingerprint density at radius 3 is 2.48 bits per heavy atom. The molecule has 0 unspecified atom stereocenters. The summed E-state index contributed by atoms with van der Waals surface area (Å²) in [6.45, 7) is 12.2. The minimum Gasteiger partial charge on any atom is -0.459 e. The second-order valence-corrected chi connectivity index (χ2v) is 6.17. The summed E-state index contributed by atoms with van der Waals surface area (Å²) in [6.07, 6.45) is 0.769. The Hall–Kier alpha value is -1.55. The molecule has 4 nitrogen and oxygen atoms in total. The van der Waals surface area contributed by atoms with Crippen molar-refractivity contribution in [3.63, 3.8) is 0 Å². The summed E-state index contributed by atoms with van der Waals surface area (Å²) in [4.78, 5) is 12.0. The third kappa shape index (κ3) is 4.74. The fourth-order valence-electron chi connectivity index (χ4n) is 1.76. The van der Waals surface area contributed by atoms with E-state index in [0.717, 1.165) is 17.5 Å². The minimum atomic E-state index is -0.382. The molecule has 1 aromatic rings. The van der Waals surface area contributed by atoms with Crippen LogP contribution in [0.5, 0.6) is 0 Å². The zero-order valence-corrected chi connectivity index (χ0v) is 13.9. The average molecular weight is 293 g/mol. The number of benzene rings is 1. The largest absolute Gasteiger partial charge is 0.459 e. The molecule has 0 spiro atoms. The summed E-state index contributed by atoms with van der Waals surface area (Å²) in [5.74, 6) is -0.382. The van der Waals surface area contributed by atoms with Gasteiger partial charge in [0.2, 0.25) is 0 Å². The van der Waals surface area contributed by atoms with Gasteiger partial charge in [0.1, 0.15) is 0 Å². The molecular formula is C17H27NO3. The highest BCUT2D eigenvalue weighted by atomic mass is 16.5. The van der Waals surface area contributed by atoms with Crippen LogP contribution in [0.25, 0.3) is 0 Å². The van der Waals surface area contributed by atoms with Crippen molar-refractivity contribution in [2.75, 3.05) is 5.73 Å². The van der Waals surface area contributed by atoms with E-state index in [-0.39, 0.29) is 17.7 Å². The second kappa shape index (κ2) is 6.94. The van der Waals surface area contributed by atoms with Crippen LogP contribution in [0.2, 0.25) is 0 Å². The lowest BCUT2D eigenvalue weighted by atomic mass is 10.0. The molecule has 1 rings (SSSR count). The van der Waals surface area contributed by atoms with Gasteiger partial charge < -0.3 is 15.2 Å². The van der Waals surface area contributed by atoms with Crippen molar-refractivity contribution in [3.05, 3.63) is 28.8 Å². The summed E-state index contributed by atoms with van der Waals surface area (Å²) in [6, 6.07) is 3.60. The summed E-state index contributed by atoms with van der Waals surface area (Å²) >= 11 is 0. The molecule has 0 aliphatic rings. The molecular weight excluding hydrogens is 266 g/mol. The van der Waals surface area contributed by atoms with Gasteiger partial charge in [-0.05, 0) is 58.2 Å². The Balaban J connectivity index is 2.93. The summed E-state index contributed by atoms with van der Waals surface area (Å²) in [7, 11) is 0. The number of hydrogen-bond acceptors (Lipinski definition) is 4. The van der Waals surface area contributed by atoms with Crippen molar-refractivity contribution >= 4 is 11.7 Å². The van der Waals surface area contributed by atoms with Crippen LogP contribution in [0.15, 0.2) is 12.1 Å². The first-order valence-corrected chi connectivity index (χ1v) is 7.41. The van der Waals surface area contributed by atoms with Gasteiger partial charge in [0, 0.05) is 5.69 Å². The molecule has 1 aromatic carbocycles. The Kier molecular flexibility index (Phi) is 5.78. The van der Waals surface area contributed by atoms with Crippen LogP contribution >= 0.6 is 0 Å². The topological polar surface area (TPSA) is 61.5 Å². The van der Waals surface area contributed by atoms with Gasteiger partial charge in [0.25, 0.3) is 0 Å². The molecule has 0 aromatic heterocycles. The molecule has 4 heteroatoms. The van der Waals surface area contributed by atoms with Crippen LogP contribution in [0, 0.1) is 6.92 Å². The Morgan fingerprint density at radius 2 is 1.95 bits per heavy atom. The van der Waals surface area contributed by atoms with Crippen LogP contribution in [-0.2, 0) is 16.1 Å². The number of nitrogens with two attached hydrogens (primary N) is 1. The number of nitrogen functional groups attached to an aromatic ring is 1. The first-order chi connectivity index (χ1) is 9.68. The maximum atomic E-state index is 12.0. The van der Waals surface area contributed by atoms with Crippen molar-refractivity contribution in [1.29, 1.82) is 0 Å². The number of carbonyl (C=O) groups excluding carboxylic acids is 1. The molecule has 0 bridgehead atoms. The molecule has 0 saturated carbocycles. The molecule has 0 radical (unpaired) electrons. The van der Waals surface area contributed by atoms with E-state index in [1.54, 1.807) is 6.07 Å². The van der Waals surface area contributed by atoms with E-state index in [2.05, 4.69) is 20.8 Å². The number of ether oxygens (including phenoxy) is 2. The second-order valence-electron chi connectivity index (χ2n) is 6.17. The predicted molar refractivity (Wildman–Crippen MR) is 85.3 cm³/mol. The quantitative estimate of drug-likeness (QED) is 0.639. The van der Waals surface area contributed by atoms with E-state index in [1.165, 1.54) is 0 Å². The van der Waals surface area contributed by atoms with E-state index in [1.807, 2.05) is 26.8 Å². The number of esters is 1. The van der Waals surface area contributed by atoms with Gasteiger partial charge in [-0.3, -0.25) is 0 Å². The lowest BCUT2D eigenvalue weighted by Gasteiger charge is -2.24. The highest BCUT2D eigenvalue weighted by Crippen LogP contribution is 2.25. The van der Waals surface area contributed by atoms with Gasteiger partial charge in [0.05, 0.1) is 23.9 Å². The molecule has 0 amide bonds. The molecule has 0 atom stereocenters. The maximum Gasteiger partial charge on any atom is 0.340 e. The SMILES string of the molecule is CCC(C)(C)OCc1ccc(C(=O)OC(C)C)c(N)c1C. The van der Waals surface area contributed by atoms with E-state index in [0.29, 0.717) is 17.9 Å². The van der Waals surface area contributed by atoms with Gasteiger partial charge in [-0.25, -0.2) is 4.79 Å². The molecule has 118 valence electrons. The van der Waals surface area contributed by atoms with Crippen molar-refractivity contribution in [3.8, 4) is 0 Å². The summed E-state index contributed by atoms with van der Waals surface area (Å²) in [5, 5.41) is 0. The van der Waals surface area contributed by atoms with Crippen LogP contribution in [0.3, 0.4) is 0 Å². The first-order valence-electron chi connectivity index (χ1n) is 7.41. The van der Waals surface area contributed by atoms with Crippen molar-refractivity contribution < 1.29 is 14.3 Å². The predicted octanol–water partition coefficient (Wildman–Crippen LogP) is 3.85. The third-order valence-corrected chi connectivity index (χ3v) is 3.66. The summed E-state index contributed by atoms with van der Waals surface area (Å²) < 4.78 is 11.1. The molecule has 2 N–H and O–H groups in total. The molecule has 0 saturated heterocycles. The zero-order valence-electron chi connectivity index (χ0n) is 13.9. The van der Waals surface area contributed by atoms with Crippen molar-refractivity contribution in [1.82, 2.24) is 0 Å². The fraction of sp³-hybridized carbons (Fsp3) is 0.588. The molecule has 0 aliphatic carbocycles. The van der Waals surface area contributed by atoms with Gasteiger partial charge in [-0.1, -0.05) is 13.0 Å². The monoisotopic (exact) mass is 293 g/mol. The van der Waals surface area contributed by atoms with Crippen LogP contribution in [-0.4, -0.2) is 17.7 Å². The van der Waals surface area contributed by atoms with E-state index in [9.17, 15) is 4.79 Å². The van der Waals surface area contributed by atoms with E-state index in [4.69, 9.17) is 15.2 Å². The number of carbonyl (C=O) groups is 1. The maximum absolute atomic E-state index is 12.0. The van der Waals surface area contributed by atoms with Gasteiger partial charge in [-0.15, -0.1) is 0 Å². The Labute approximate surface area is 127 Å². The molecule has 21 heavy (non-hydrogen) atoms.